The molecule has 0 saturated heterocycles. The summed E-state index contributed by atoms with van der Waals surface area (Å²) in [5.74, 6) is 0.499. The van der Waals surface area contributed by atoms with E-state index in [1.54, 1.807) is 0 Å². The minimum atomic E-state index is -0.341. The minimum absolute atomic E-state index is 0.185. The normalized spacial score (nSPS) is 12.1. The quantitative estimate of drug-likeness (QED) is 0.327. The van der Waals surface area contributed by atoms with Gasteiger partial charge in [0.25, 0.3) is 0 Å². The van der Waals surface area contributed by atoms with E-state index in [4.69, 9.17) is 4.98 Å². The molecular weight excluding hydrogens is 408 g/mol. The lowest BCUT2D eigenvalue weighted by Gasteiger charge is -2.15. The molecule has 3 rings (SSSR count). The van der Waals surface area contributed by atoms with Gasteiger partial charge in [-0.05, 0) is 78.7 Å². The molecule has 0 aromatic carbocycles. The predicted octanol–water partition coefficient (Wildman–Crippen LogP) is 4.56. The van der Waals surface area contributed by atoms with Crippen molar-refractivity contribution >= 4 is 15.9 Å². The zero-order chi connectivity index (χ0) is 19.6. The Balaban J connectivity index is 1.98. The molecule has 0 N–H and O–H groups in total. The van der Waals surface area contributed by atoms with Crippen LogP contribution in [-0.4, -0.2) is 26.0 Å². The SMILES string of the molecule is Cc1cc(CC(C[N+](=O)[O-])c2cccc(Br)n2)nc(-n2c(C)ccc2C)c1. The maximum Gasteiger partial charge on any atom is 0.212 e. The third-order valence-electron chi connectivity index (χ3n) is 4.49. The van der Waals surface area contributed by atoms with Gasteiger partial charge in [0.2, 0.25) is 6.54 Å². The number of rotatable bonds is 6. The zero-order valence-corrected chi connectivity index (χ0v) is 17.1. The highest BCUT2D eigenvalue weighted by atomic mass is 79.9. The largest absolute Gasteiger partial charge is 0.303 e. The monoisotopic (exact) mass is 428 g/mol. The van der Waals surface area contributed by atoms with Crippen molar-refractivity contribution in [3.8, 4) is 5.82 Å². The molecule has 0 amide bonds. The average Bonchev–Trinajstić information content (AvgIpc) is 2.92. The molecule has 1 unspecified atom stereocenters. The van der Waals surface area contributed by atoms with E-state index in [9.17, 15) is 10.1 Å². The van der Waals surface area contributed by atoms with Crippen molar-refractivity contribution in [2.75, 3.05) is 6.54 Å². The van der Waals surface area contributed by atoms with Crippen LogP contribution in [0, 0.1) is 30.9 Å². The van der Waals surface area contributed by atoms with Gasteiger partial charge in [0.05, 0.1) is 11.6 Å². The molecule has 0 radical (unpaired) electrons. The van der Waals surface area contributed by atoms with Crippen molar-refractivity contribution in [2.45, 2.75) is 33.1 Å². The number of nitro groups is 1. The van der Waals surface area contributed by atoms with Gasteiger partial charge in [0.15, 0.2) is 0 Å². The molecule has 1 atom stereocenters. The standard InChI is InChI=1S/C20H21BrN4O2/c1-13-9-17(22-20(10-13)25-14(2)7-8-15(25)3)11-16(12-24(26)27)18-5-4-6-19(21)23-18/h4-10,16H,11-12H2,1-3H3. The molecule has 7 heteroatoms. The van der Waals surface area contributed by atoms with E-state index in [0.29, 0.717) is 16.7 Å². The van der Waals surface area contributed by atoms with E-state index < -0.39 is 0 Å². The van der Waals surface area contributed by atoms with Crippen molar-refractivity contribution in [3.63, 3.8) is 0 Å². The Bertz CT molecular complexity index is 964. The topological polar surface area (TPSA) is 73.8 Å². The lowest BCUT2D eigenvalue weighted by molar-refractivity contribution is -0.483. The molecule has 0 aliphatic heterocycles. The summed E-state index contributed by atoms with van der Waals surface area (Å²) in [4.78, 5) is 20.1. The van der Waals surface area contributed by atoms with Gasteiger partial charge in [-0.2, -0.15) is 0 Å². The fourth-order valence-corrected chi connectivity index (χ4v) is 3.67. The first kappa shape index (κ1) is 19.2. The average molecular weight is 429 g/mol. The molecule has 3 aromatic rings. The lowest BCUT2D eigenvalue weighted by atomic mass is 9.98. The molecule has 140 valence electrons. The fourth-order valence-electron chi connectivity index (χ4n) is 3.32. The van der Waals surface area contributed by atoms with Gasteiger partial charge in [-0.25, -0.2) is 9.97 Å². The van der Waals surface area contributed by atoms with Crippen molar-refractivity contribution < 1.29 is 4.92 Å². The Labute approximate surface area is 166 Å². The van der Waals surface area contributed by atoms with E-state index in [2.05, 4.69) is 37.6 Å². The predicted molar refractivity (Wildman–Crippen MR) is 108 cm³/mol. The third kappa shape index (κ3) is 4.60. The van der Waals surface area contributed by atoms with Crippen LogP contribution in [0.5, 0.6) is 0 Å². The van der Waals surface area contributed by atoms with Gasteiger partial charge >= 0.3 is 0 Å². The molecule has 0 bridgehead atoms. The smallest absolute Gasteiger partial charge is 0.212 e. The van der Waals surface area contributed by atoms with Crippen LogP contribution in [0.4, 0.5) is 0 Å². The van der Waals surface area contributed by atoms with Crippen LogP contribution in [0.3, 0.4) is 0 Å². The second kappa shape index (κ2) is 8.00. The molecule has 27 heavy (non-hydrogen) atoms. The molecule has 3 aromatic heterocycles. The number of hydrogen-bond donors (Lipinski definition) is 0. The van der Waals surface area contributed by atoms with Gasteiger partial charge in [0, 0.05) is 28.4 Å². The summed E-state index contributed by atoms with van der Waals surface area (Å²) in [5, 5.41) is 11.2. The summed E-state index contributed by atoms with van der Waals surface area (Å²) in [7, 11) is 0. The maximum absolute atomic E-state index is 11.2. The highest BCUT2D eigenvalue weighted by Gasteiger charge is 2.21. The van der Waals surface area contributed by atoms with Crippen LogP contribution in [0.2, 0.25) is 0 Å². The van der Waals surface area contributed by atoms with Gasteiger partial charge in [-0.3, -0.25) is 10.1 Å². The summed E-state index contributed by atoms with van der Waals surface area (Å²) in [6.07, 6.45) is 0.457. The summed E-state index contributed by atoms with van der Waals surface area (Å²) in [6, 6.07) is 13.6. The van der Waals surface area contributed by atoms with Crippen LogP contribution in [0.15, 0.2) is 47.1 Å². The molecular formula is C20H21BrN4O2. The molecule has 0 spiro atoms. The van der Waals surface area contributed by atoms with E-state index in [1.165, 1.54) is 0 Å². The Morgan fingerprint density at radius 1 is 1.11 bits per heavy atom. The maximum atomic E-state index is 11.2. The molecule has 3 heterocycles. The van der Waals surface area contributed by atoms with Gasteiger partial charge in [-0.1, -0.05) is 6.07 Å². The third-order valence-corrected chi connectivity index (χ3v) is 4.93. The van der Waals surface area contributed by atoms with Crippen molar-refractivity contribution in [1.29, 1.82) is 0 Å². The first-order valence-corrected chi connectivity index (χ1v) is 9.50. The van der Waals surface area contributed by atoms with Crippen molar-refractivity contribution in [1.82, 2.24) is 14.5 Å². The summed E-state index contributed by atoms with van der Waals surface area (Å²) < 4.78 is 2.76. The number of aryl methyl sites for hydroxylation is 3. The Morgan fingerprint density at radius 3 is 2.44 bits per heavy atom. The van der Waals surface area contributed by atoms with E-state index >= 15 is 0 Å². The fraction of sp³-hybridized carbons (Fsp3) is 0.300. The van der Waals surface area contributed by atoms with Gasteiger partial charge < -0.3 is 4.57 Å². The Kier molecular flexibility index (Phi) is 5.70. The minimum Gasteiger partial charge on any atom is -0.303 e. The number of hydrogen-bond acceptors (Lipinski definition) is 4. The summed E-state index contributed by atoms with van der Waals surface area (Å²) >= 11 is 3.35. The Hall–Kier alpha value is -2.54. The van der Waals surface area contributed by atoms with Crippen molar-refractivity contribution in [2.24, 2.45) is 0 Å². The van der Waals surface area contributed by atoms with Crippen LogP contribution < -0.4 is 0 Å². The van der Waals surface area contributed by atoms with E-state index in [0.717, 1.165) is 28.5 Å². The first-order chi connectivity index (χ1) is 12.8. The molecule has 6 nitrogen and oxygen atoms in total. The van der Waals surface area contributed by atoms with Crippen LogP contribution in [-0.2, 0) is 6.42 Å². The number of aromatic nitrogens is 3. The lowest BCUT2D eigenvalue weighted by Crippen LogP contribution is -2.17. The molecule has 0 fully saturated rings. The molecule has 0 aliphatic rings. The highest BCUT2D eigenvalue weighted by molar-refractivity contribution is 9.10. The van der Waals surface area contributed by atoms with Crippen LogP contribution in [0.1, 0.15) is 34.3 Å². The second-order valence-electron chi connectivity index (χ2n) is 6.75. The van der Waals surface area contributed by atoms with Crippen LogP contribution in [0.25, 0.3) is 5.82 Å². The second-order valence-corrected chi connectivity index (χ2v) is 7.56. The number of halogens is 1. The molecule has 0 aliphatic carbocycles. The van der Waals surface area contributed by atoms with Gasteiger partial charge in [0.1, 0.15) is 10.4 Å². The van der Waals surface area contributed by atoms with Crippen molar-refractivity contribution in [3.05, 3.63) is 85.5 Å². The molecule has 0 saturated carbocycles. The highest BCUT2D eigenvalue weighted by Crippen LogP contribution is 2.23. The van der Waals surface area contributed by atoms with Gasteiger partial charge in [-0.15, -0.1) is 0 Å². The number of pyridine rings is 2. The number of nitrogens with zero attached hydrogens (tertiary/aromatic N) is 4. The zero-order valence-electron chi connectivity index (χ0n) is 15.5. The summed E-state index contributed by atoms with van der Waals surface area (Å²) in [5.41, 5.74) is 4.80. The Morgan fingerprint density at radius 2 is 1.81 bits per heavy atom. The first-order valence-electron chi connectivity index (χ1n) is 8.70. The van der Waals surface area contributed by atoms with Crippen LogP contribution >= 0.6 is 15.9 Å². The van der Waals surface area contributed by atoms with E-state index in [1.807, 2.05) is 51.1 Å². The summed E-state index contributed by atoms with van der Waals surface area (Å²) in [6.45, 7) is 5.91. The van der Waals surface area contributed by atoms with E-state index in [-0.39, 0.29) is 17.4 Å².